The van der Waals surface area contributed by atoms with Gasteiger partial charge in [0.2, 0.25) is 11.8 Å². The third-order valence-corrected chi connectivity index (χ3v) is 4.94. The van der Waals surface area contributed by atoms with Gasteiger partial charge in [-0.1, -0.05) is 11.6 Å². The number of amides is 3. The zero-order chi connectivity index (χ0) is 26.2. The van der Waals surface area contributed by atoms with Crippen LogP contribution in [-0.4, -0.2) is 56.1 Å². The van der Waals surface area contributed by atoms with Crippen molar-refractivity contribution in [1.82, 2.24) is 10.6 Å². The fraction of sp³-hybridized carbons (Fsp3) is 0.500. The predicted molar refractivity (Wildman–Crippen MR) is 100 cm³/mol. The van der Waals surface area contributed by atoms with E-state index < -0.39 is 72.4 Å². The van der Waals surface area contributed by atoms with Gasteiger partial charge in [0, 0.05) is 12.1 Å². The van der Waals surface area contributed by atoms with Gasteiger partial charge < -0.3 is 20.3 Å². The van der Waals surface area contributed by atoms with Gasteiger partial charge in [-0.2, -0.15) is 35.1 Å². The number of likely N-dealkylation sites (N-methyl/N-ethyl adjacent to an activating group) is 1. The molecule has 2 unspecified atom stereocenters. The molecule has 0 spiro atoms. The second-order valence-electron chi connectivity index (χ2n) is 7.21. The van der Waals surface area contributed by atoms with Crippen molar-refractivity contribution in [3.63, 3.8) is 0 Å². The molecular weight excluding hydrogens is 510 g/mol. The molecule has 0 bridgehead atoms. The molecule has 0 aromatic heterocycles. The molecule has 16 heteroatoms. The van der Waals surface area contributed by atoms with Crippen LogP contribution in [0.4, 0.5) is 40.8 Å². The highest BCUT2D eigenvalue weighted by Crippen LogP contribution is 2.44. The Hall–Kier alpha value is -2.84. The average molecular weight is 526 g/mol. The molecule has 1 aromatic rings. The van der Waals surface area contributed by atoms with Crippen molar-refractivity contribution in [2.75, 3.05) is 25.1 Å². The number of ether oxygens (including phenoxy) is 1. The number of fused-ring (bicyclic) bond motifs is 1. The molecule has 1 aliphatic heterocycles. The second-order valence-corrected chi connectivity index (χ2v) is 7.65. The van der Waals surface area contributed by atoms with Crippen LogP contribution in [0.5, 0.6) is 5.75 Å². The molecule has 1 aliphatic rings. The molecule has 2 atom stereocenters. The number of hydrogen-bond donors (Lipinski definition) is 2. The van der Waals surface area contributed by atoms with Crippen molar-refractivity contribution in [3.05, 3.63) is 22.7 Å². The van der Waals surface area contributed by atoms with E-state index in [1.165, 1.54) is 5.32 Å². The van der Waals surface area contributed by atoms with Gasteiger partial charge in [-0.05, 0) is 19.1 Å². The maximum atomic E-state index is 13.4. The SMILES string of the molecule is CC(C(=O)NCC(F)(F)C(F)(F)F)C(=O)NC1COc2c(cc(Cl)cc2C(F)(F)F)N(C)C1=O. The van der Waals surface area contributed by atoms with Gasteiger partial charge in [0.05, 0.1) is 12.2 Å². The summed E-state index contributed by atoms with van der Waals surface area (Å²) in [4.78, 5) is 37.5. The van der Waals surface area contributed by atoms with Crippen LogP contribution in [0.3, 0.4) is 0 Å². The van der Waals surface area contributed by atoms with E-state index in [1.54, 1.807) is 0 Å². The summed E-state index contributed by atoms with van der Waals surface area (Å²) >= 11 is 5.71. The lowest BCUT2D eigenvalue weighted by molar-refractivity contribution is -0.278. The van der Waals surface area contributed by atoms with E-state index in [2.05, 4.69) is 0 Å². The number of rotatable bonds is 5. The highest BCUT2D eigenvalue weighted by Gasteiger charge is 2.57. The maximum Gasteiger partial charge on any atom is 0.455 e. The van der Waals surface area contributed by atoms with Crippen molar-refractivity contribution < 1.29 is 54.2 Å². The summed E-state index contributed by atoms with van der Waals surface area (Å²) in [6.45, 7) is -2.08. The molecule has 7 nitrogen and oxygen atoms in total. The van der Waals surface area contributed by atoms with E-state index in [0.717, 1.165) is 24.9 Å². The number of alkyl halides is 8. The van der Waals surface area contributed by atoms with E-state index >= 15 is 0 Å². The Morgan fingerprint density at radius 1 is 1.15 bits per heavy atom. The van der Waals surface area contributed by atoms with Gasteiger partial charge in [0.1, 0.15) is 24.1 Å². The van der Waals surface area contributed by atoms with Crippen molar-refractivity contribution in [2.45, 2.75) is 31.2 Å². The Morgan fingerprint density at radius 3 is 2.26 bits per heavy atom. The van der Waals surface area contributed by atoms with Gasteiger partial charge in [-0.25, -0.2) is 0 Å². The van der Waals surface area contributed by atoms with Gasteiger partial charge in [-0.15, -0.1) is 0 Å². The minimum Gasteiger partial charge on any atom is -0.488 e. The molecule has 0 saturated heterocycles. The Balaban J connectivity index is 2.15. The molecule has 2 rings (SSSR count). The van der Waals surface area contributed by atoms with Crippen molar-refractivity contribution in [2.24, 2.45) is 5.92 Å². The molecular formula is C18H16ClF8N3O4. The number of halogens is 9. The first-order valence-electron chi connectivity index (χ1n) is 9.20. The lowest BCUT2D eigenvalue weighted by atomic mass is 10.1. The first kappa shape index (κ1) is 27.4. The highest BCUT2D eigenvalue weighted by molar-refractivity contribution is 6.31. The number of carbonyl (C=O) groups is 3. The fourth-order valence-corrected chi connectivity index (χ4v) is 2.96. The monoisotopic (exact) mass is 525 g/mol. The molecule has 1 heterocycles. The smallest absolute Gasteiger partial charge is 0.455 e. The predicted octanol–water partition coefficient (Wildman–Crippen LogP) is 3.15. The van der Waals surface area contributed by atoms with Gasteiger partial charge in [0.25, 0.3) is 5.91 Å². The minimum atomic E-state index is -5.94. The molecule has 190 valence electrons. The standard InChI is InChI=1S/C18H16ClF8N3O4/c1-7(13(31)28-6-16(20,21)18(25,26)27)14(32)29-10-5-34-12-9(17(22,23)24)3-8(19)4-11(12)30(2)15(10)33/h3-4,7,10H,5-6H2,1-2H3,(H,28,31)(H,29,32). The summed E-state index contributed by atoms with van der Waals surface area (Å²) in [5, 5.41) is 2.94. The number of nitrogens with one attached hydrogen (secondary N) is 2. The first-order chi connectivity index (χ1) is 15.4. The second kappa shape index (κ2) is 9.43. The van der Waals surface area contributed by atoms with Crippen LogP contribution in [0.2, 0.25) is 5.02 Å². The van der Waals surface area contributed by atoms with Crippen LogP contribution in [0, 0.1) is 5.92 Å². The van der Waals surface area contributed by atoms with Crippen molar-refractivity contribution >= 4 is 35.0 Å². The number of carbonyl (C=O) groups excluding carboxylic acids is 3. The first-order valence-corrected chi connectivity index (χ1v) is 9.58. The molecule has 0 fully saturated rings. The van der Waals surface area contributed by atoms with Crippen LogP contribution >= 0.6 is 11.6 Å². The number of benzene rings is 1. The fourth-order valence-electron chi connectivity index (χ4n) is 2.75. The molecule has 0 saturated carbocycles. The third kappa shape index (κ3) is 5.80. The van der Waals surface area contributed by atoms with Crippen LogP contribution in [-0.2, 0) is 20.6 Å². The molecule has 1 aromatic carbocycles. The van der Waals surface area contributed by atoms with Gasteiger partial charge >= 0.3 is 18.3 Å². The van der Waals surface area contributed by atoms with E-state index in [1.807, 2.05) is 5.32 Å². The van der Waals surface area contributed by atoms with E-state index in [-0.39, 0.29) is 10.7 Å². The Morgan fingerprint density at radius 2 is 1.74 bits per heavy atom. The normalized spacial score (nSPS) is 17.9. The number of nitrogens with zero attached hydrogens (tertiary/aromatic N) is 1. The summed E-state index contributed by atoms with van der Waals surface area (Å²) in [6, 6.07) is -0.0390. The van der Waals surface area contributed by atoms with Crippen molar-refractivity contribution in [1.29, 1.82) is 0 Å². The Bertz CT molecular complexity index is 983. The summed E-state index contributed by atoms with van der Waals surface area (Å²) in [7, 11) is 1.07. The quantitative estimate of drug-likeness (QED) is 0.457. The van der Waals surface area contributed by atoms with Crippen LogP contribution in [0.25, 0.3) is 0 Å². The van der Waals surface area contributed by atoms with Crippen LogP contribution in [0.1, 0.15) is 12.5 Å². The van der Waals surface area contributed by atoms with E-state index in [4.69, 9.17) is 16.3 Å². The lowest BCUT2D eigenvalue weighted by Gasteiger charge is -2.23. The molecule has 34 heavy (non-hydrogen) atoms. The van der Waals surface area contributed by atoms with Crippen LogP contribution < -0.4 is 20.3 Å². The largest absolute Gasteiger partial charge is 0.488 e. The lowest BCUT2D eigenvalue weighted by Crippen LogP contribution is -2.53. The van der Waals surface area contributed by atoms with Crippen LogP contribution in [0.15, 0.2) is 12.1 Å². The molecule has 0 radical (unpaired) electrons. The Labute approximate surface area is 191 Å². The zero-order valence-electron chi connectivity index (χ0n) is 17.2. The summed E-state index contributed by atoms with van der Waals surface area (Å²) in [6.07, 6.45) is -10.8. The van der Waals surface area contributed by atoms with Gasteiger partial charge in [0.15, 0.2) is 5.75 Å². The Kier molecular flexibility index (Phi) is 7.60. The van der Waals surface area contributed by atoms with E-state index in [9.17, 15) is 49.5 Å². The maximum absolute atomic E-state index is 13.4. The molecule has 2 N–H and O–H groups in total. The minimum absolute atomic E-state index is 0.359. The van der Waals surface area contributed by atoms with Crippen molar-refractivity contribution in [3.8, 4) is 5.75 Å². The average Bonchev–Trinajstić information content (AvgIpc) is 2.81. The molecule has 0 aliphatic carbocycles. The summed E-state index contributed by atoms with van der Waals surface area (Å²) in [5.74, 6) is -11.6. The number of anilines is 1. The summed E-state index contributed by atoms with van der Waals surface area (Å²) < 4.78 is 108. The topological polar surface area (TPSA) is 87.7 Å². The zero-order valence-corrected chi connectivity index (χ0v) is 18.0. The summed E-state index contributed by atoms with van der Waals surface area (Å²) in [5.41, 5.74) is -1.65. The molecule has 3 amide bonds. The number of hydrogen-bond acceptors (Lipinski definition) is 4. The third-order valence-electron chi connectivity index (χ3n) is 4.73. The van der Waals surface area contributed by atoms with E-state index in [0.29, 0.717) is 6.07 Å². The van der Waals surface area contributed by atoms with Gasteiger partial charge in [-0.3, -0.25) is 14.4 Å². The highest BCUT2D eigenvalue weighted by atomic mass is 35.5.